The van der Waals surface area contributed by atoms with Crippen LogP contribution in [0.1, 0.15) is 32.6 Å². The van der Waals surface area contributed by atoms with Crippen molar-refractivity contribution in [2.75, 3.05) is 13.6 Å². The largest absolute Gasteiger partial charge is 0.405 e. The van der Waals surface area contributed by atoms with E-state index in [4.69, 9.17) is 5.73 Å². The van der Waals surface area contributed by atoms with Gasteiger partial charge < -0.3 is 5.73 Å². The van der Waals surface area contributed by atoms with Crippen LogP contribution in [0.5, 0.6) is 0 Å². The van der Waals surface area contributed by atoms with Gasteiger partial charge in [0, 0.05) is 12.6 Å². The number of alkyl halides is 3. The number of hydrogen-bond donors (Lipinski definition) is 1. The van der Waals surface area contributed by atoms with E-state index in [2.05, 4.69) is 6.92 Å². The Morgan fingerprint density at radius 3 is 2.44 bits per heavy atom. The second kappa shape index (κ2) is 5.36. The molecule has 1 aliphatic carbocycles. The summed E-state index contributed by atoms with van der Waals surface area (Å²) in [5.74, 6) is 0.521. The highest BCUT2D eigenvalue weighted by Gasteiger charge is 2.43. The molecule has 3 atom stereocenters. The van der Waals surface area contributed by atoms with Crippen LogP contribution in [0, 0.1) is 5.92 Å². The van der Waals surface area contributed by atoms with Gasteiger partial charge in [0.2, 0.25) is 0 Å². The summed E-state index contributed by atoms with van der Waals surface area (Å²) in [4.78, 5) is 1.43. The lowest BCUT2D eigenvalue weighted by atomic mass is 9.86. The molecule has 5 heteroatoms. The first-order chi connectivity index (χ1) is 7.36. The molecule has 0 aliphatic heterocycles. The molecule has 0 aromatic rings. The van der Waals surface area contributed by atoms with Crippen molar-refractivity contribution in [3.05, 3.63) is 0 Å². The summed E-state index contributed by atoms with van der Waals surface area (Å²) in [6.07, 6.45) is -0.365. The smallest absolute Gasteiger partial charge is 0.329 e. The zero-order chi connectivity index (χ0) is 12.3. The highest BCUT2D eigenvalue weighted by molar-refractivity contribution is 4.85. The second-order valence-electron chi connectivity index (χ2n) is 4.88. The summed E-state index contributed by atoms with van der Waals surface area (Å²) in [5, 5.41) is 0. The van der Waals surface area contributed by atoms with Gasteiger partial charge in [0.15, 0.2) is 0 Å². The normalized spacial score (nSPS) is 29.4. The minimum atomic E-state index is -4.22. The molecule has 1 fully saturated rings. The van der Waals surface area contributed by atoms with Crippen LogP contribution in [0.4, 0.5) is 13.2 Å². The first-order valence-corrected chi connectivity index (χ1v) is 5.85. The maximum Gasteiger partial charge on any atom is 0.405 e. The molecule has 2 N–H and O–H groups in total. The second-order valence-corrected chi connectivity index (χ2v) is 4.88. The molecule has 96 valence electrons. The van der Waals surface area contributed by atoms with Gasteiger partial charge in [-0.05, 0) is 25.8 Å². The van der Waals surface area contributed by atoms with Crippen LogP contribution in [-0.2, 0) is 0 Å². The summed E-state index contributed by atoms with van der Waals surface area (Å²) in [6, 6.07) is -1.47. The van der Waals surface area contributed by atoms with Crippen LogP contribution in [0.3, 0.4) is 0 Å². The molecular formula is C11H21F3N2. The predicted molar refractivity (Wildman–Crippen MR) is 58.1 cm³/mol. The van der Waals surface area contributed by atoms with Gasteiger partial charge in [-0.25, -0.2) is 0 Å². The van der Waals surface area contributed by atoms with Crippen LogP contribution in [0.2, 0.25) is 0 Å². The van der Waals surface area contributed by atoms with E-state index in [9.17, 15) is 13.2 Å². The first kappa shape index (κ1) is 13.8. The predicted octanol–water partition coefficient (Wildman–Crippen LogP) is 2.39. The lowest BCUT2D eigenvalue weighted by molar-refractivity contribution is -0.184. The van der Waals surface area contributed by atoms with Gasteiger partial charge in [0.05, 0.1) is 0 Å². The third kappa shape index (κ3) is 3.35. The number of hydrogen-bond acceptors (Lipinski definition) is 2. The van der Waals surface area contributed by atoms with Crippen molar-refractivity contribution in [3.63, 3.8) is 0 Å². The number of halogens is 3. The lowest BCUT2D eigenvalue weighted by Gasteiger charge is -2.39. The summed E-state index contributed by atoms with van der Waals surface area (Å²) >= 11 is 0. The molecule has 0 aromatic carbocycles. The molecule has 0 heterocycles. The number of rotatable bonds is 3. The molecule has 1 rings (SSSR count). The fourth-order valence-electron chi connectivity index (χ4n) is 2.56. The molecule has 1 saturated carbocycles. The van der Waals surface area contributed by atoms with Gasteiger partial charge >= 0.3 is 6.18 Å². The fraction of sp³-hybridized carbons (Fsp3) is 1.00. The van der Waals surface area contributed by atoms with Crippen molar-refractivity contribution in [2.45, 2.75) is 50.9 Å². The minimum absolute atomic E-state index is 0.0268. The van der Waals surface area contributed by atoms with E-state index in [1.807, 2.05) is 0 Å². The van der Waals surface area contributed by atoms with Gasteiger partial charge in [-0.1, -0.05) is 19.8 Å². The van der Waals surface area contributed by atoms with Gasteiger partial charge in [0.25, 0.3) is 0 Å². The highest BCUT2D eigenvalue weighted by atomic mass is 19.4. The monoisotopic (exact) mass is 238 g/mol. The van der Waals surface area contributed by atoms with Crippen LogP contribution in [0.15, 0.2) is 0 Å². The Hall–Kier alpha value is -0.290. The Bertz CT molecular complexity index is 218. The Balaban J connectivity index is 2.63. The SMILES string of the molecule is CC1CCCC(N(C)C(CN)C(F)(F)F)C1. The molecule has 16 heavy (non-hydrogen) atoms. The highest BCUT2D eigenvalue weighted by Crippen LogP contribution is 2.31. The van der Waals surface area contributed by atoms with Crippen molar-refractivity contribution in [2.24, 2.45) is 11.7 Å². The van der Waals surface area contributed by atoms with Gasteiger partial charge in [-0.2, -0.15) is 13.2 Å². The van der Waals surface area contributed by atoms with Crippen molar-refractivity contribution in [1.29, 1.82) is 0 Å². The molecule has 0 radical (unpaired) electrons. The zero-order valence-corrected chi connectivity index (χ0v) is 9.93. The van der Waals surface area contributed by atoms with Crippen molar-refractivity contribution in [1.82, 2.24) is 4.90 Å². The Kier molecular flexibility index (Phi) is 4.62. The topological polar surface area (TPSA) is 29.3 Å². The summed E-state index contributed by atoms with van der Waals surface area (Å²) in [5.41, 5.74) is 5.24. The maximum absolute atomic E-state index is 12.7. The third-order valence-electron chi connectivity index (χ3n) is 3.58. The van der Waals surface area contributed by atoms with Crippen molar-refractivity contribution in [3.8, 4) is 0 Å². The Morgan fingerprint density at radius 2 is 2.00 bits per heavy atom. The molecular weight excluding hydrogens is 217 g/mol. The van der Waals surface area contributed by atoms with Gasteiger partial charge in [-0.15, -0.1) is 0 Å². The fourth-order valence-corrected chi connectivity index (χ4v) is 2.56. The number of nitrogens with zero attached hydrogens (tertiary/aromatic N) is 1. The standard InChI is InChI=1S/C11H21F3N2/c1-8-4-3-5-9(6-8)16(2)10(7-15)11(12,13)14/h8-10H,3-7,15H2,1-2H3. The van der Waals surface area contributed by atoms with Crippen molar-refractivity contribution >= 4 is 0 Å². The molecule has 0 aromatic heterocycles. The number of likely N-dealkylation sites (N-methyl/N-ethyl adjacent to an activating group) is 1. The van der Waals surface area contributed by atoms with Crippen LogP contribution >= 0.6 is 0 Å². The molecule has 0 spiro atoms. The van der Waals surface area contributed by atoms with E-state index in [0.717, 1.165) is 25.7 Å². The zero-order valence-electron chi connectivity index (χ0n) is 9.93. The Labute approximate surface area is 95.0 Å². The third-order valence-corrected chi connectivity index (χ3v) is 3.58. The summed E-state index contributed by atoms with van der Waals surface area (Å²) < 4.78 is 38.1. The van der Waals surface area contributed by atoms with Crippen LogP contribution < -0.4 is 5.73 Å². The van der Waals surface area contributed by atoms with Gasteiger partial charge in [-0.3, -0.25) is 4.90 Å². The van der Waals surface area contributed by atoms with E-state index >= 15 is 0 Å². The average Bonchev–Trinajstić information content (AvgIpc) is 2.16. The molecule has 0 saturated heterocycles. The number of nitrogens with two attached hydrogens (primary N) is 1. The molecule has 0 bridgehead atoms. The summed E-state index contributed by atoms with van der Waals surface area (Å²) in [7, 11) is 1.55. The minimum Gasteiger partial charge on any atom is -0.329 e. The molecule has 3 unspecified atom stereocenters. The lowest BCUT2D eigenvalue weighted by Crippen LogP contribution is -2.53. The first-order valence-electron chi connectivity index (χ1n) is 5.85. The van der Waals surface area contributed by atoms with Crippen molar-refractivity contribution < 1.29 is 13.2 Å². The van der Waals surface area contributed by atoms with Gasteiger partial charge in [0.1, 0.15) is 6.04 Å². The molecule has 0 amide bonds. The van der Waals surface area contributed by atoms with E-state index in [-0.39, 0.29) is 12.6 Å². The van der Waals surface area contributed by atoms with E-state index < -0.39 is 12.2 Å². The molecule has 2 nitrogen and oxygen atoms in total. The summed E-state index contributed by atoms with van der Waals surface area (Å²) in [6.45, 7) is 1.75. The van der Waals surface area contributed by atoms with E-state index in [0.29, 0.717) is 5.92 Å². The van der Waals surface area contributed by atoms with E-state index in [1.54, 1.807) is 7.05 Å². The average molecular weight is 238 g/mol. The maximum atomic E-state index is 12.7. The van der Waals surface area contributed by atoms with Crippen LogP contribution in [-0.4, -0.2) is 36.8 Å². The Morgan fingerprint density at radius 1 is 1.38 bits per heavy atom. The van der Waals surface area contributed by atoms with E-state index in [1.165, 1.54) is 4.90 Å². The molecule has 1 aliphatic rings. The quantitative estimate of drug-likeness (QED) is 0.818. The van der Waals surface area contributed by atoms with Crippen LogP contribution in [0.25, 0.3) is 0 Å².